The molecule has 0 atom stereocenters. The van der Waals surface area contributed by atoms with Crippen LogP contribution in [-0.2, 0) is 21.4 Å². The molecule has 1 amide bonds. The Morgan fingerprint density at radius 3 is 2.27 bits per heavy atom. The van der Waals surface area contributed by atoms with Gasteiger partial charge in [-0.05, 0) is 67.9 Å². The van der Waals surface area contributed by atoms with Gasteiger partial charge in [-0.2, -0.15) is 0 Å². The SMILES string of the molecule is CCOc1ccc(N(CC(=O)NCc2ccc(-n3ccnc3C)cc2)S(=O)(=O)c2ccc(OC)c(OC)c2)cc1. The lowest BCUT2D eigenvalue weighted by molar-refractivity contribution is -0.119. The van der Waals surface area contributed by atoms with Crippen LogP contribution in [0.5, 0.6) is 17.2 Å². The minimum atomic E-state index is -4.16. The first-order valence-electron chi connectivity index (χ1n) is 12.6. The van der Waals surface area contributed by atoms with Gasteiger partial charge in [0.05, 0.1) is 31.4 Å². The van der Waals surface area contributed by atoms with E-state index >= 15 is 0 Å². The first-order valence-corrected chi connectivity index (χ1v) is 14.0. The van der Waals surface area contributed by atoms with Crippen molar-refractivity contribution in [1.82, 2.24) is 14.9 Å². The Kier molecular flexibility index (Phi) is 8.95. The fourth-order valence-electron chi connectivity index (χ4n) is 4.11. The van der Waals surface area contributed by atoms with Crippen molar-refractivity contribution in [1.29, 1.82) is 0 Å². The van der Waals surface area contributed by atoms with Crippen LogP contribution in [-0.4, -0.2) is 51.2 Å². The van der Waals surface area contributed by atoms with Crippen LogP contribution < -0.4 is 23.8 Å². The number of carbonyl (C=O) groups is 1. The van der Waals surface area contributed by atoms with Crippen molar-refractivity contribution in [3.05, 3.63) is 90.5 Å². The molecule has 0 aliphatic heterocycles. The standard InChI is InChI=1S/C29H32N4O6S/c1-5-39-25-12-10-24(11-13-25)33(40(35,36)26-14-15-27(37-3)28(18-26)38-4)20-29(34)31-19-22-6-8-23(9-7-22)32-17-16-30-21(32)2/h6-18H,5,19-20H2,1-4H3,(H,31,34). The second-order valence-electron chi connectivity index (χ2n) is 8.74. The third kappa shape index (κ3) is 6.37. The van der Waals surface area contributed by atoms with Crippen LogP contribution in [0.4, 0.5) is 5.69 Å². The van der Waals surface area contributed by atoms with Gasteiger partial charge in [0.1, 0.15) is 18.1 Å². The van der Waals surface area contributed by atoms with E-state index in [9.17, 15) is 13.2 Å². The highest BCUT2D eigenvalue weighted by Crippen LogP contribution is 2.32. The van der Waals surface area contributed by atoms with Crippen LogP contribution in [0.2, 0.25) is 0 Å². The number of aryl methyl sites for hydroxylation is 1. The molecule has 4 rings (SSSR count). The van der Waals surface area contributed by atoms with Crippen molar-refractivity contribution in [2.75, 3.05) is 31.7 Å². The number of anilines is 1. The molecule has 11 heteroatoms. The van der Waals surface area contributed by atoms with E-state index in [0.717, 1.165) is 21.4 Å². The average molecular weight is 565 g/mol. The number of hydrogen-bond donors (Lipinski definition) is 1. The number of nitrogens with zero attached hydrogens (tertiary/aromatic N) is 3. The van der Waals surface area contributed by atoms with Gasteiger partial charge in [0.2, 0.25) is 5.91 Å². The predicted molar refractivity (Wildman–Crippen MR) is 152 cm³/mol. The lowest BCUT2D eigenvalue weighted by Gasteiger charge is -2.25. The van der Waals surface area contributed by atoms with Gasteiger partial charge in [-0.3, -0.25) is 9.10 Å². The smallest absolute Gasteiger partial charge is 0.264 e. The molecule has 0 unspecified atom stereocenters. The monoisotopic (exact) mass is 564 g/mol. The van der Waals surface area contributed by atoms with Gasteiger partial charge in [0, 0.05) is 30.7 Å². The number of aromatic nitrogens is 2. The molecule has 0 fully saturated rings. The molecule has 0 spiro atoms. The Labute approximate surface area is 234 Å². The molecule has 0 saturated heterocycles. The molecule has 3 aromatic carbocycles. The normalized spacial score (nSPS) is 11.1. The maximum atomic E-state index is 13.8. The first kappa shape index (κ1) is 28.5. The van der Waals surface area contributed by atoms with E-state index in [0.29, 0.717) is 23.8 Å². The molecular weight excluding hydrogens is 532 g/mol. The number of sulfonamides is 1. The summed E-state index contributed by atoms with van der Waals surface area (Å²) in [4.78, 5) is 17.3. The second-order valence-corrected chi connectivity index (χ2v) is 10.6. The van der Waals surface area contributed by atoms with Gasteiger partial charge < -0.3 is 24.1 Å². The molecule has 0 bridgehead atoms. The minimum absolute atomic E-state index is 0.0442. The summed E-state index contributed by atoms with van der Waals surface area (Å²) >= 11 is 0. The predicted octanol–water partition coefficient (Wildman–Crippen LogP) is 4.11. The van der Waals surface area contributed by atoms with E-state index in [2.05, 4.69) is 10.3 Å². The molecule has 40 heavy (non-hydrogen) atoms. The van der Waals surface area contributed by atoms with Crippen LogP contribution in [0.15, 0.2) is 84.0 Å². The molecule has 1 aromatic heterocycles. The molecule has 4 aromatic rings. The molecule has 1 heterocycles. The molecule has 10 nitrogen and oxygen atoms in total. The Hall–Kier alpha value is -4.51. The number of imidazole rings is 1. The highest BCUT2D eigenvalue weighted by Gasteiger charge is 2.28. The largest absolute Gasteiger partial charge is 0.494 e. The summed E-state index contributed by atoms with van der Waals surface area (Å²) in [5.74, 6) is 1.64. The summed E-state index contributed by atoms with van der Waals surface area (Å²) in [6.07, 6.45) is 3.61. The lowest BCUT2D eigenvalue weighted by Crippen LogP contribution is -2.40. The van der Waals surface area contributed by atoms with E-state index < -0.39 is 22.5 Å². The average Bonchev–Trinajstić information content (AvgIpc) is 3.41. The minimum Gasteiger partial charge on any atom is -0.494 e. The summed E-state index contributed by atoms with van der Waals surface area (Å²) in [7, 11) is -1.27. The quantitative estimate of drug-likeness (QED) is 0.276. The molecule has 0 aliphatic carbocycles. The van der Waals surface area contributed by atoms with Crippen LogP contribution in [0.25, 0.3) is 5.69 Å². The maximum Gasteiger partial charge on any atom is 0.264 e. The summed E-state index contributed by atoms with van der Waals surface area (Å²) in [5, 5.41) is 2.83. The topological polar surface area (TPSA) is 112 Å². The van der Waals surface area contributed by atoms with Crippen molar-refractivity contribution in [2.24, 2.45) is 0 Å². The van der Waals surface area contributed by atoms with Gasteiger partial charge in [-0.1, -0.05) is 12.1 Å². The molecule has 210 valence electrons. The van der Waals surface area contributed by atoms with E-state index in [1.165, 1.54) is 32.4 Å². The Bertz CT molecular complexity index is 1550. The van der Waals surface area contributed by atoms with Crippen LogP contribution in [0.1, 0.15) is 18.3 Å². The van der Waals surface area contributed by atoms with Crippen molar-refractivity contribution < 1.29 is 27.4 Å². The van der Waals surface area contributed by atoms with Gasteiger partial charge in [-0.25, -0.2) is 13.4 Å². The Balaban J connectivity index is 1.55. The van der Waals surface area contributed by atoms with Gasteiger partial charge >= 0.3 is 0 Å². The third-order valence-electron chi connectivity index (χ3n) is 6.20. The third-order valence-corrected chi connectivity index (χ3v) is 7.97. The zero-order valence-corrected chi connectivity index (χ0v) is 23.6. The highest BCUT2D eigenvalue weighted by atomic mass is 32.2. The van der Waals surface area contributed by atoms with Crippen molar-refractivity contribution in [3.8, 4) is 22.9 Å². The number of nitrogens with one attached hydrogen (secondary N) is 1. The van der Waals surface area contributed by atoms with Crippen molar-refractivity contribution in [2.45, 2.75) is 25.3 Å². The van der Waals surface area contributed by atoms with E-state index in [-0.39, 0.29) is 17.2 Å². The number of rotatable bonds is 12. The summed E-state index contributed by atoms with van der Waals surface area (Å²) in [5.41, 5.74) is 2.13. The van der Waals surface area contributed by atoms with Crippen LogP contribution >= 0.6 is 0 Å². The number of benzene rings is 3. The van der Waals surface area contributed by atoms with Gasteiger partial charge in [0.25, 0.3) is 10.0 Å². The first-order chi connectivity index (χ1) is 19.3. The summed E-state index contributed by atoms with van der Waals surface area (Å²) in [6, 6.07) is 18.5. The Morgan fingerprint density at radius 1 is 0.975 bits per heavy atom. The zero-order chi connectivity index (χ0) is 28.7. The fraction of sp³-hybridized carbons (Fsp3) is 0.241. The molecule has 1 N–H and O–H groups in total. The highest BCUT2D eigenvalue weighted by molar-refractivity contribution is 7.92. The lowest BCUT2D eigenvalue weighted by atomic mass is 10.2. The Morgan fingerprint density at radius 2 is 1.68 bits per heavy atom. The number of methoxy groups -OCH3 is 2. The summed E-state index contributed by atoms with van der Waals surface area (Å²) < 4.78 is 46.7. The molecular formula is C29H32N4O6S. The number of amides is 1. The van der Waals surface area contributed by atoms with Crippen LogP contribution in [0, 0.1) is 6.92 Å². The molecule has 0 radical (unpaired) electrons. The fourth-order valence-corrected chi connectivity index (χ4v) is 5.54. The van der Waals surface area contributed by atoms with E-state index in [1.54, 1.807) is 30.5 Å². The van der Waals surface area contributed by atoms with Crippen molar-refractivity contribution in [3.63, 3.8) is 0 Å². The summed E-state index contributed by atoms with van der Waals surface area (Å²) in [6.45, 7) is 4.05. The van der Waals surface area contributed by atoms with E-state index in [1.807, 2.05) is 48.9 Å². The van der Waals surface area contributed by atoms with Crippen LogP contribution in [0.3, 0.4) is 0 Å². The van der Waals surface area contributed by atoms with Gasteiger partial charge in [0.15, 0.2) is 11.5 Å². The zero-order valence-electron chi connectivity index (χ0n) is 22.8. The maximum absolute atomic E-state index is 13.8. The van der Waals surface area contributed by atoms with Crippen molar-refractivity contribution >= 4 is 21.6 Å². The molecule has 0 aliphatic rings. The number of ether oxygens (including phenoxy) is 3. The number of carbonyl (C=O) groups excluding carboxylic acids is 1. The second kappa shape index (κ2) is 12.6. The van der Waals surface area contributed by atoms with Gasteiger partial charge in [-0.15, -0.1) is 0 Å². The number of hydrogen-bond acceptors (Lipinski definition) is 7. The van der Waals surface area contributed by atoms with E-state index in [4.69, 9.17) is 14.2 Å². The molecule has 0 saturated carbocycles.